The lowest BCUT2D eigenvalue weighted by atomic mass is 9.97. The van der Waals surface area contributed by atoms with Crippen molar-refractivity contribution in [2.45, 2.75) is 52.2 Å². The van der Waals surface area contributed by atoms with Gasteiger partial charge in [0.25, 0.3) is 0 Å². The van der Waals surface area contributed by atoms with Crippen LogP contribution in [-0.4, -0.2) is 35.7 Å². The molecule has 24 heavy (non-hydrogen) atoms. The predicted octanol–water partition coefficient (Wildman–Crippen LogP) is 3.77. The monoisotopic (exact) mass is 333 g/mol. The van der Waals surface area contributed by atoms with Crippen LogP contribution in [0.25, 0.3) is 0 Å². The molecule has 1 heterocycles. The van der Waals surface area contributed by atoms with Gasteiger partial charge in [-0.25, -0.2) is 4.79 Å². The molecule has 1 aliphatic heterocycles. The summed E-state index contributed by atoms with van der Waals surface area (Å²) in [5, 5.41) is 0. The zero-order valence-electron chi connectivity index (χ0n) is 14.8. The lowest BCUT2D eigenvalue weighted by Gasteiger charge is -2.33. The molecule has 1 amide bonds. The number of amides is 1. The number of carbonyl (C=O) groups excluding carboxylic acids is 2. The molecule has 0 bridgehead atoms. The molecule has 1 aromatic rings. The Bertz CT molecular complexity index is 548. The van der Waals surface area contributed by atoms with Crippen LogP contribution >= 0.6 is 0 Å². The van der Waals surface area contributed by atoms with Crippen molar-refractivity contribution in [1.29, 1.82) is 0 Å². The van der Waals surface area contributed by atoms with Gasteiger partial charge in [-0.3, -0.25) is 4.79 Å². The number of esters is 1. The summed E-state index contributed by atoms with van der Waals surface area (Å²) >= 11 is 0. The average Bonchev–Trinajstić information content (AvgIpc) is 2.60. The van der Waals surface area contributed by atoms with Gasteiger partial charge < -0.3 is 14.4 Å². The molecule has 0 aromatic heterocycles. The molecular formula is C19H27NO4. The number of rotatable bonds is 5. The van der Waals surface area contributed by atoms with E-state index in [0.717, 1.165) is 12.0 Å². The van der Waals surface area contributed by atoms with Gasteiger partial charge >= 0.3 is 12.1 Å². The molecule has 1 saturated heterocycles. The molecule has 0 spiro atoms. The van der Waals surface area contributed by atoms with Crippen LogP contribution in [0.15, 0.2) is 30.3 Å². The van der Waals surface area contributed by atoms with E-state index in [2.05, 4.69) is 0 Å². The summed E-state index contributed by atoms with van der Waals surface area (Å²) < 4.78 is 10.9. The van der Waals surface area contributed by atoms with Crippen molar-refractivity contribution < 1.29 is 19.1 Å². The zero-order chi connectivity index (χ0) is 17.6. The predicted molar refractivity (Wildman–Crippen MR) is 91.4 cm³/mol. The second kappa shape index (κ2) is 8.18. The molecule has 0 N–H and O–H groups in total. The fraction of sp³-hybridized carbons (Fsp3) is 0.579. The van der Waals surface area contributed by atoms with Crippen LogP contribution < -0.4 is 0 Å². The molecule has 1 aliphatic rings. The Kier molecular flexibility index (Phi) is 6.23. The Morgan fingerprint density at radius 1 is 1.17 bits per heavy atom. The Hall–Kier alpha value is -2.04. The van der Waals surface area contributed by atoms with Crippen molar-refractivity contribution >= 4 is 12.1 Å². The first-order valence-corrected chi connectivity index (χ1v) is 8.60. The van der Waals surface area contributed by atoms with Crippen molar-refractivity contribution in [3.8, 4) is 0 Å². The number of benzene rings is 1. The maximum atomic E-state index is 12.2. The van der Waals surface area contributed by atoms with Gasteiger partial charge in [0.05, 0.1) is 5.92 Å². The van der Waals surface area contributed by atoms with Gasteiger partial charge in [-0.2, -0.15) is 0 Å². The number of ether oxygens (including phenoxy) is 2. The third-order valence-electron chi connectivity index (χ3n) is 4.53. The first-order chi connectivity index (χ1) is 11.4. The van der Waals surface area contributed by atoms with E-state index in [1.807, 2.05) is 51.1 Å². The van der Waals surface area contributed by atoms with Gasteiger partial charge in [-0.05, 0) is 38.7 Å². The van der Waals surface area contributed by atoms with Crippen molar-refractivity contribution in [1.82, 2.24) is 4.90 Å². The van der Waals surface area contributed by atoms with E-state index in [-0.39, 0.29) is 18.0 Å². The normalized spacial score (nSPS) is 15.9. The highest BCUT2D eigenvalue weighted by Gasteiger charge is 2.31. The minimum Gasteiger partial charge on any atom is -0.461 e. The first kappa shape index (κ1) is 18.3. The zero-order valence-corrected chi connectivity index (χ0v) is 14.8. The Morgan fingerprint density at radius 3 is 2.38 bits per heavy atom. The Balaban J connectivity index is 1.75. The molecular weight excluding hydrogens is 306 g/mol. The second-order valence-corrected chi connectivity index (χ2v) is 6.84. The quantitative estimate of drug-likeness (QED) is 0.770. The molecule has 0 aliphatic carbocycles. The summed E-state index contributed by atoms with van der Waals surface area (Å²) in [6.07, 6.45) is 1.71. The molecule has 0 atom stereocenters. The minimum atomic E-state index is -0.456. The second-order valence-electron chi connectivity index (χ2n) is 6.84. The number of piperidine rings is 1. The summed E-state index contributed by atoms with van der Waals surface area (Å²) in [6, 6.07) is 9.64. The van der Waals surface area contributed by atoms with Crippen LogP contribution in [0, 0.1) is 5.92 Å². The summed E-state index contributed by atoms with van der Waals surface area (Å²) in [5.74, 6) is -0.322. The highest BCUT2D eigenvalue weighted by atomic mass is 16.6. The molecule has 0 radical (unpaired) electrons. The topological polar surface area (TPSA) is 55.8 Å². The summed E-state index contributed by atoms with van der Waals surface area (Å²) in [5.41, 5.74) is 0.524. The highest BCUT2D eigenvalue weighted by Crippen LogP contribution is 2.22. The number of nitrogens with zero attached hydrogens (tertiary/aromatic N) is 1. The maximum absolute atomic E-state index is 12.2. The van der Waals surface area contributed by atoms with Crippen LogP contribution in [0.3, 0.4) is 0 Å². The van der Waals surface area contributed by atoms with Crippen LogP contribution in [0.4, 0.5) is 4.79 Å². The average molecular weight is 333 g/mol. The summed E-state index contributed by atoms with van der Waals surface area (Å²) in [4.78, 5) is 26.0. The third-order valence-corrected chi connectivity index (χ3v) is 4.53. The molecule has 0 unspecified atom stereocenters. The van der Waals surface area contributed by atoms with E-state index >= 15 is 0 Å². The van der Waals surface area contributed by atoms with Crippen molar-refractivity contribution in [3.05, 3.63) is 35.9 Å². The molecule has 1 fully saturated rings. The van der Waals surface area contributed by atoms with E-state index in [9.17, 15) is 9.59 Å². The SMILES string of the molecule is CCC(C)(C)OC(=O)N1CCC(C(=O)OCc2ccccc2)CC1. The fourth-order valence-corrected chi connectivity index (χ4v) is 2.52. The molecule has 1 aromatic carbocycles. The smallest absolute Gasteiger partial charge is 0.410 e. The van der Waals surface area contributed by atoms with E-state index < -0.39 is 5.60 Å². The van der Waals surface area contributed by atoms with Gasteiger partial charge in [0.15, 0.2) is 0 Å². The van der Waals surface area contributed by atoms with E-state index in [1.165, 1.54) is 0 Å². The lowest BCUT2D eigenvalue weighted by Crippen LogP contribution is -2.43. The van der Waals surface area contributed by atoms with E-state index in [1.54, 1.807) is 4.90 Å². The van der Waals surface area contributed by atoms with Gasteiger partial charge in [0.1, 0.15) is 12.2 Å². The van der Waals surface area contributed by atoms with Crippen molar-refractivity contribution in [2.24, 2.45) is 5.92 Å². The van der Waals surface area contributed by atoms with Crippen LogP contribution in [-0.2, 0) is 20.9 Å². The van der Waals surface area contributed by atoms with Crippen molar-refractivity contribution in [2.75, 3.05) is 13.1 Å². The fourth-order valence-electron chi connectivity index (χ4n) is 2.52. The number of hydrogen-bond acceptors (Lipinski definition) is 4. The standard InChI is InChI=1S/C19H27NO4/c1-4-19(2,3)24-18(22)20-12-10-16(11-13-20)17(21)23-14-15-8-6-5-7-9-15/h5-9,16H,4,10-14H2,1-3H3. The van der Waals surface area contributed by atoms with E-state index in [0.29, 0.717) is 32.5 Å². The Morgan fingerprint density at radius 2 is 1.79 bits per heavy atom. The van der Waals surface area contributed by atoms with E-state index in [4.69, 9.17) is 9.47 Å². The molecule has 2 rings (SSSR count). The van der Waals surface area contributed by atoms with Crippen LogP contribution in [0.1, 0.15) is 45.6 Å². The number of carbonyl (C=O) groups is 2. The number of likely N-dealkylation sites (tertiary alicyclic amines) is 1. The highest BCUT2D eigenvalue weighted by molar-refractivity contribution is 5.73. The lowest BCUT2D eigenvalue weighted by molar-refractivity contribution is -0.151. The van der Waals surface area contributed by atoms with Gasteiger partial charge in [0.2, 0.25) is 0 Å². The van der Waals surface area contributed by atoms with Crippen LogP contribution in [0.2, 0.25) is 0 Å². The van der Waals surface area contributed by atoms with Gasteiger partial charge in [-0.1, -0.05) is 37.3 Å². The molecule has 0 saturated carbocycles. The van der Waals surface area contributed by atoms with Gasteiger partial charge in [0, 0.05) is 13.1 Å². The Labute approximate surface area is 143 Å². The molecule has 5 heteroatoms. The first-order valence-electron chi connectivity index (χ1n) is 8.60. The van der Waals surface area contributed by atoms with Crippen LogP contribution in [0.5, 0.6) is 0 Å². The van der Waals surface area contributed by atoms with Crippen molar-refractivity contribution in [3.63, 3.8) is 0 Å². The molecule has 132 valence electrons. The number of hydrogen-bond donors (Lipinski definition) is 0. The largest absolute Gasteiger partial charge is 0.461 e. The van der Waals surface area contributed by atoms with Gasteiger partial charge in [-0.15, -0.1) is 0 Å². The minimum absolute atomic E-state index is 0.142. The third kappa shape index (κ3) is 5.25. The summed E-state index contributed by atoms with van der Waals surface area (Å²) in [7, 11) is 0. The molecule has 5 nitrogen and oxygen atoms in total. The summed E-state index contributed by atoms with van der Waals surface area (Å²) in [6.45, 7) is 7.15. The maximum Gasteiger partial charge on any atom is 0.410 e.